The first-order chi connectivity index (χ1) is 27.0. The monoisotopic (exact) mass is 822 g/mol. The van der Waals surface area contributed by atoms with Crippen molar-refractivity contribution < 1.29 is 42.2 Å². The maximum Gasteiger partial charge on any atom is 0.319 e. The Bertz CT molecular complexity index is 2260. The van der Waals surface area contributed by atoms with E-state index < -0.39 is 43.2 Å². The van der Waals surface area contributed by atoms with Gasteiger partial charge in [0.25, 0.3) is 11.8 Å². The van der Waals surface area contributed by atoms with E-state index in [2.05, 4.69) is 20.6 Å². The largest absolute Gasteiger partial charge is 0.506 e. The lowest BCUT2D eigenvalue weighted by Gasteiger charge is -2.11. The van der Waals surface area contributed by atoms with Crippen molar-refractivity contribution in [1.82, 2.24) is 20.6 Å². The number of carbonyl (C=O) groups is 2. The highest BCUT2D eigenvalue weighted by Crippen LogP contribution is 2.32. The van der Waals surface area contributed by atoms with E-state index in [0.717, 1.165) is 23.5 Å². The minimum Gasteiger partial charge on any atom is -0.506 e. The number of amides is 2. The molecule has 16 heteroatoms. The zero-order valence-electron chi connectivity index (χ0n) is 29.6. The number of halogens is 4. The molecular formula is C40H35Cl2F2N4O7P. The molecule has 0 aliphatic heterocycles. The number of hydrogen-bond donors (Lipinski definition) is 4. The number of aromatic nitrogens is 2. The van der Waals surface area contributed by atoms with E-state index in [4.69, 9.17) is 32.2 Å². The van der Waals surface area contributed by atoms with E-state index >= 15 is 0 Å². The first-order valence-corrected chi connectivity index (χ1v) is 19.4. The fourth-order valence-electron chi connectivity index (χ4n) is 5.89. The van der Waals surface area contributed by atoms with Crippen molar-refractivity contribution in [3.8, 4) is 11.5 Å². The summed E-state index contributed by atoms with van der Waals surface area (Å²) in [6, 6.07) is 19.4. The van der Waals surface area contributed by atoms with Crippen LogP contribution in [0.1, 0.15) is 55.8 Å². The number of benzene rings is 4. The predicted octanol–water partition coefficient (Wildman–Crippen LogP) is 8.63. The third kappa shape index (κ3) is 10.2. The number of nitrogens with zero attached hydrogens (tertiary/aromatic N) is 2. The first kappa shape index (κ1) is 40.5. The number of fused-ring (bicyclic) bond motifs is 2. The summed E-state index contributed by atoms with van der Waals surface area (Å²) in [4.78, 5) is 33.7. The van der Waals surface area contributed by atoms with Gasteiger partial charge in [0.15, 0.2) is 0 Å². The van der Waals surface area contributed by atoms with E-state index in [-0.39, 0.29) is 59.2 Å². The summed E-state index contributed by atoms with van der Waals surface area (Å²) in [5.74, 6) is -3.33. The summed E-state index contributed by atoms with van der Waals surface area (Å²) < 4.78 is 52.9. The van der Waals surface area contributed by atoms with Crippen LogP contribution in [0.3, 0.4) is 0 Å². The fraction of sp³-hybridized carbons (Fsp3) is 0.200. The number of pyridine rings is 2. The van der Waals surface area contributed by atoms with Crippen molar-refractivity contribution >= 4 is 65.1 Å². The minimum absolute atomic E-state index is 0.0343. The van der Waals surface area contributed by atoms with Crippen LogP contribution in [-0.2, 0) is 39.5 Å². The van der Waals surface area contributed by atoms with Crippen LogP contribution in [0.4, 0.5) is 8.78 Å². The van der Waals surface area contributed by atoms with Gasteiger partial charge in [0.1, 0.15) is 45.3 Å². The molecule has 0 aliphatic carbocycles. The molecule has 6 rings (SSSR count). The lowest BCUT2D eigenvalue weighted by Crippen LogP contribution is -2.23. The second kappa shape index (κ2) is 18.6. The van der Waals surface area contributed by atoms with Gasteiger partial charge in [-0.3, -0.25) is 24.1 Å². The number of hydrogen-bond acceptors (Lipinski definition) is 9. The minimum atomic E-state index is -2.88. The Labute approximate surface area is 330 Å². The van der Waals surface area contributed by atoms with Crippen LogP contribution in [0.2, 0.25) is 10.0 Å². The van der Waals surface area contributed by atoms with Gasteiger partial charge in [-0.05, 0) is 96.5 Å². The molecule has 290 valence electrons. The van der Waals surface area contributed by atoms with Crippen LogP contribution in [-0.4, -0.2) is 45.2 Å². The van der Waals surface area contributed by atoms with Gasteiger partial charge < -0.3 is 29.9 Å². The number of aromatic hydroxyl groups is 2. The zero-order valence-corrected chi connectivity index (χ0v) is 32.1. The van der Waals surface area contributed by atoms with E-state index in [0.29, 0.717) is 46.9 Å². The predicted molar refractivity (Wildman–Crippen MR) is 210 cm³/mol. The van der Waals surface area contributed by atoms with Crippen molar-refractivity contribution in [3.05, 3.63) is 140 Å². The molecule has 0 saturated carbocycles. The maximum atomic E-state index is 14.9. The number of carbonyl (C=O) groups excluding carboxylic acids is 2. The van der Waals surface area contributed by atoms with Gasteiger partial charge in [-0.2, -0.15) is 0 Å². The second-order valence-corrected chi connectivity index (χ2v) is 14.7. The SMILES string of the molecule is O=C(NCc1ccc(Cl)cc1)c1cnc2c(F)cc(CCCO[PH](=O)OCCCc3cc(F)c4ncc(C(=O)NCc5ccc(Cl)cc5)c(O)c4c3)cc2c1O. The van der Waals surface area contributed by atoms with Crippen LogP contribution in [0, 0.1) is 11.6 Å². The van der Waals surface area contributed by atoms with Gasteiger partial charge in [-0.25, -0.2) is 8.78 Å². The summed E-state index contributed by atoms with van der Waals surface area (Å²) >= 11 is 11.8. The smallest absolute Gasteiger partial charge is 0.319 e. The average Bonchev–Trinajstić information content (AvgIpc) is 3.18. The molecule has 0 bridgehead atoms. The summed E-state index contributed by atoms with van der Waals surface area (Å²) in [7, 11) is -2.88. The Balaban J connectivity index is 0.961. The van der Waals surface area contributed by atoms with Gasteiger partial charge >= 0.3 is 8.25 Å². The van der Waals surface area contributed by atoms with Gasteiger partial charge in [0.05, 0.1) is 13.2 Å². The molecule has 6 aromatic rings. The molecule has 56 heavy (non-hydrogen) atoms. The molecule has 0 unspecified atom stereocenters. The molecule has 2 amide bonds. The molecule has 0 spiro atoms. The van der Waals surface area contributed by atoms with Crippen molar-refractivity contribution in [3.63, 3.8) is 0 Å². The van der Waals surface area contributed by atoms with Gasteiger partial charge in [0, 0.05) is 46.3 Å². The van der Waals surface area contributed by atoms with Gasteiger partial charge in [-0.15, -0.1) is 0 Å². The van der Waals surface area contributed by atoms with Crippen molar-refractivity contribution in [2.45, 2.75) is 38.8 Å². The van der Waals surface area contributed by atoms with Crippen LogP contribution < -0.4 is 10.6 Å². The van der Waals surface area contributed by atoms with E-state index in [1.807, 2.05) is 0 Å². The third-order valence-electron chi connectivity index (χ3n) is 8.79. The highest BCUT2D eigenvalue weighted by molar-refractivity contribution is 7.33. The first-order valence-electron chi connectivity index (χ1n) is 17.4. The fourth-order valence-corrected chi connectivity index (χ4v) is 6.85. The molecular weight excluding hydrogens is 788 g/mol. The Morgan fingerprint density at radius 2 is 1.04 bits per heavy atom. The summed E-state index contributed by atoms with van der Waals surface area (Å²) in [6.07, 6.45) is 3.53. The lowest BCUT2D eigenvalue weighted by atomic mass is 10.0. The van der Waals surface area contributed by atoms with Gasteiger partial charge in [0.2, 0.25) is 0 Å². The van der Waals surface area contributed by atoms with Crippen LogP contribution in [0.15, 0.2) is 85.2 Å². The molecule has 0 fully saturated rings. The number of aryl methyl sites for hydroxylation is 2. The molecule has 4 aromatic carbocycles. The molecule has 11 nitrogen and oxygen atoms in total. The topological polar surface area (TPSA) is 160 Å². The Morgan fingerprint density at radius 3 is 1.43 bits per heavy atom. The van der Waals surface area contributed by atoms with Crippen LogP contribution in [0.25, 0.3) is 21.8 Å². The van der Waals surface area contributed by atoms with Gasteiger partial charge in [-0.1, -0.05) is 47.5 Å². The Morgan fingerprint density at radius 1 is 0.643 bits per heavy atom. The third-order valence-corrected chi connectivity index (χ3v) is 10.2. The summed E-state index contributed by atoms with van der Waals surface area (Å²) in [5, 5.41) is 28.4. The lowest BCUT2D eigenvalue weighted by molar-refractivity contribution is 0.0939. The molecule has 2 heterocycles. The molecule has 0 saturated heterocycles. The molecule has 4 N–H and O–H groups in total. The average molecular weight is 824 g/mol. The Hall–Kier alpha value is -5.17. The molecule has 2 aromatic heterocycles. The molecule has 0 aliphatic rings. The van der Waals surface area contributed by atoms with E-state index in [1.165, 1.54) is 12.1 Å². The summed E-state index contributed by atoms with van der Waals surface area (Å²) in [5.41, 5.74) is 2.20. The maximum absolute atomic E-state index is 14.9. The molecule has 0 atom stereocenters. The highest BCUT2D eigenvalue weighted by Gasteiger charge is 2.19. The van der Waals surface area contributed by atoms with E-state index in [1.54, 1.807) is 60.7 Å². The van der Waals surface area contributed by atoms with E-state index in [9.17, 15) is 33.1 Å². The van der Waals surface area contributed by atoms with Crippen molar-refractivity contribution in [2.24, 2.45) is 0 Å². The highest BCUT2D eigenvalue weighted by atomic mass is 35.5. The van der Waals surface area contributed by atoms with Crippen LogP contribution in [0.5, 0.6) is 11.5 Å². The normalized spacial score (nSPS) is 11.4. The number of nitrogens with one attached hydrogen (secondary N) is 2. The second-order valence-electron chi connectivity index (χ2n) is 12.8. The molecule has 0 radical (unpaired) electrons. The summed E-state index contributed by atoms with van der Waals surface area (Å²) in [6.45, 7) is 0.429. The van der Waals surface area contributed by atoms with Crippen molar-refractivity contribution in [1.29, 1.82) is 0 Å². The standard InChI is InChI=1S/C40H35Cl2F2N4O7P/c41-27-9-5-23(6-10-27)19-47-39(51)31-21-45-35-29(37(31)49)15-25(17-33(35)43)3-1-13-54-56(53)55-14-2-4-26-16-30-36(34(44)18-26)46-22-32(38(30)50)40(52)48-20-24-7-11-28(42)12-8-24/h5-12,15-18,21-22,56H,1-4,13-14,19-20H2,(H,45,49)(H,46,50)(H,47,51)(H,48,52). The van der Waals surface area contributed by atoms with Crippen molar-refractivity contribution in [2.75, 3.05) is 13.2 Å². The Kier molecular flexibility index (Phi) is 13.5. The number of rotatable bonds is 16. The quantitative estimate of drug-likeness (QED) is 0.0554. The zero-order chi connectivity index (χ0) is 39.8. The van der Waals surface area contributed by atoms with Crippen LogP contribution >= 0.6 is 31.5 Å².